The average molecular weight is 223 g/mol. The monoisotopic (exact) mass is 223 g/mol. The van der Waals surface area contributed by atoms with Crippen LogP contribution < -0.4 is 0 Å². The first kappa shape index (κ1) is 10.6. The van der Waals surface area contributed by atoms with Gasteiger partial charge in [-0.15, -0.1) is 0 Å². The minimum atomic E-state index is -1.61. The lowest BCUT2D eigenvalue weighted by atomic mass is 9.88. The van der Waals surface area contributed by atoms with E-state index in [0.717, 1.165) is 4.90 Å². The van der Waals surface area contributed by atoms with E-state index in [1.807, 2.05) is 0 Å². The summed E-state index contributed by atoms with van der Waals surface area (Å²) in [5.74, 6) is 0. The van der Waals surface area contributed by atoms with Gasteiger partial charge in [-0.3, -0.25) is 4.79 Å². The van der Waals surface area contributed by atoms with E-state index in [1.54, 1.807) is 0 Å². The molecule has 1 aromatic carbocycles. The van der Waals surface area contributed by atoms with Gasteiger partial charge in [0.05, 0.1) is 13.1 Å². The van der Waals surface area contributed by atoms with Crippen LogP contribution in [-0.4, -0.2) is 35.5 Å². The molecule has 1 N–H and O–H groups in total. The topological polar surface area (TPSA) is 57.6 Å². The van der Waals surface area contributed by atoms with E-state index in [0.29, 0.717) is 17.4 Å². The van der Waals surface area contributed by atoms with Crippen molar-refractivity contribution in [3.8, 4) is 0 Å². The number of likely N-dealkylation sites (tertiary alicyclic amines) is 1. The molecular weight excluding hydrogens is 213 g/mol. The first-order chi connectivity index (χ1) is 7.55. The van der Waals surface area contributed by atoms with Gasteiger partial charge in [-0.1, -0.05) is 24.3 Å². The normalized spacial score (nSPS) is 17.7. The molecule has 0 unspecified atom stereocenters. The van der Waals surface area contributed by atoms with Crippen molar-refractivity contribution >= 4 is 12.4 Å². The summed E-state index contributed by atoms with van der Waals surface area (Å²) in [4.78, 5) is 21.9. The highest BCUT2D eigenvalue weighted by Crippen LogP contribution is 2.35. The quantitative estimate of drug-likeness (QED) is 0.775. The highest BCUT2D eigenvalue weighted by atomic mass is 19.1. The first-order valence-electron chi connectivity index (χ1n) is 4.78. The van der Waals surface area contributed by atoms with Crippen molar-refractivity contribution in [1.82, 2.24) is 4.90 Å². The molecular formula is C11H10FNO3. The Hall–Kier alpha value is -1.91. The zero-order valence-electron chi connectivity index (χ0n) is 8.39. The molecule has 0 atom stereocenters. The number of carbonyl (C=O) groups excluding carboxylic acids is 1. The van der Waals surface area contributed by atoms with Gasteiger partial charge in [-0.2, -0.15) is 0 Å². The molecule has 1 amide bonds. The number of amides is 1. The van der Waals surface area contributed by atoms with E-state index in [1.165, 1.54) is 24.3 Å². The minimum absolute atomic E-state index is 0.150. The van der Waals surface area contributed by atoms with Gasteiger partial charge >= 0.3 is 6.09 Å². The summed E-state index contributed by atoms with van der Waals surface area (Å²) < 4.78 is 14.1. The summed E-state index contributed by atoms with van der Waals surface area (Å²) in [7, 11) is 0. The number of nitrogens with zero attached hydrogens (tertiary/aromatic N) is 1. The molecule has 1 saturated heterocycles. The van der Waals surface area contributed by atoms with Crippen LogP contribution in [0.3, 0.4) is 0 Å². The first-order valence-corrected chi connectivity index (χ1v) is 4.78. The lowest BCUT2D eigenvalue weighted by Crippen LogP contribution is -2.58. The van der Waals surface area contributed by atoms with Gasteiger partial charge in [0.2, 0.25) is 0 Å². The van der Waals surface area contributed by atoms with Crippen LogP contribution in [0.5, 0.6) is 0 Å². The zero-order chi connectivity index (χ0) is 11.8. The van der Waals surface area contributed by atoms with Crippen molar-refractivity contribution in [2.24, 2.45) is 0 Å². The average Bonchev–Trinajstić information content (AvgIpc) is 2.24. The third kappa shape index (κ3) is 1.64. The molecule has 5 heteroatoms. The summed E-state index contributed by atoms with van der Waals surface area (Å²) in [5.41, 5.74) is -0.725. The van der Waals surface area contributed by atoms with Gasteiger partial charge in [0.25, 0.3) is 0 Å². The minimum Gasteiger partial charge on any atom is -0.465 e. The Bertz CT molecular complexity index is 423. The van der Waals surface area contributed by atoms with Crippen molar-refractivity contribution in [2.45, 2.75) is 5.67 Å². The van der Waals surface area contributed by atoms with Gasteiger partial charge in [0.1, 0.15) is 6.29 Å². The smallest absolute Gasteiger partial charge is 0.407 e. The SMILES string of the molecule is O=Cc1ccc(C2(F)CN(C(=O)O)C2)cc1. The molecule has 1 aliphatic rings. The number of alkyl halides is 1. The third-order valence-electron chi connectivity index (χ3n) is 2.72. The van der Waals surface area contributed by atoms with Crippen molar-refractivity contribution in [2.75, 3.05) is 13.1 Å². The Balaban J connectivity index is 2.13. The molecule has 16 heavy (non-hydrogen) atoms. The van der Waals surface area contributed by atoms with Crippen LogP contribution in [-0.2, 0) is 5.67 Å². The zero-order valence-corrected chi connectivity index (χ0v) is 8.39. The molecule has 1 fully saturated rings. The number of hydrogen-bond donors (Lipinski definition) is 1. The number of carbonyl (C=O) groups is 2. The Morgan fingerprint density at radius 1 is 1.38 bits per heavy atom. The highest BCUT2D eigenvalue weighted by molar-refractivity contribution is 5.74. The molecule has 2 rings (SSSR count). The number of hydrogen-bond acceptors (Lipinski definition) is 2. The predicted octanol–water partition coefficient (Wildman–Crippen LogP) is 1.66. The molecule has 0 aromatic heterocycles. The molecule has 1 aromatic rings. The van der Waals surface area contributed by atoms with Gasteiger partial charge in [-0.25, -0.2) is 9.18 Å². The van der Waals surface area contributed by atoms with E-state index >= 15 is 0 Å². The molecule has 0 spiro atoms. The lowest BCUT2D eigenvalue weighted by Gasteiger charge is -2.42. The van der Waals surface area contributed by atoms with Crippen LogP contribution in [0.15, 0.2) is 24.3 Å². The number of aldehydes is 1. The maximum atomic E-state index is 14.1. The predicted molar refractivity (Wildman–Crippen MR) is 54.2 cm³/mol. The molecule has 84 valence electrons. The molecule has 1 heterocycles. The van der Waals surface area contributed by atoms with Crippen LogP contribution in [0.1, 0.15) is 15.9 Å². The maximum Gasteiger partial charge on any atom is 0.407 e. The largest absolute Gasteiger partial charge is 0.465 e. The van der Waals surface area contributed by atoms with E-state index in [4.69, 9.17) is 5.11 Å². The van der Waals surface area contributed by atoms with Crippen molar-refractivity contribution < 1.29 is 19.1 Å². The van der Waals surface area contributed by atoms with Crippen LogP contribution in [0, 0.1) is 0 Å². The molecule has 0 radical (unpaired) electrons. The summed E-state index contributed by atoms with van der Waals surface area (Å²) in [5, 5.41) is 8.61. The second-order valence-corrected chi connectivity index (χ2v) is 3.84. The number of halogens is 1. The van der Waals surface area contributed by atoms with Crippen molar-refractivity contribution in [1.29, 1.82) is 0 Å². The van der Waals surface area contributed by atoms with Gasteiger partial charge < -0.3 is 10.0 Å². The second kappa shape index (κ2) is 3.59. The summed E-state index contributed by atoms with van der Waals surface area (Å²) in [6.45, 7) is -0.300. The molecule has 0 saturated carbocycles. The Kier molecular flexibility index (Phi) is 2.38. The van der Waals surface area contributed by atoms with Crippen LogP contribution in [0.2, 0.25) is 0 Å². The van der Waals surface area contributed by atoms with E-state index < -0.39 is 11.8 Å². The Labute approximate surface area is 91.3 Å². The summed E-state index contributed by atoms with van der Waals surface area (Å²) in [6.07, 6.45) is -0.434. The molecule has 1 aliphatic heterocycles. The number of carboxylic acid groups (broad SMARTS) is 1. The Morgan fingerprint density at radius 2 is 1.94 bits per heavy atom. The molecule has 0 bridgehead atoms. The van der Waals surface area contributed by atoms with Crippen molar-refractivity contribution in [3.05, 3.63) is 35.4 Å². The molecule has 0 aliphatic carbocycles. The van der Waals surface area contributed by atoms with E-state index in [9.17, 15) is 14.0 Å². The van der Waals surface area contributed by atoms with Gasteiger partial charge in [-0.05, 0) is 5.56 Å². The Morgan fingerprint density at radius 3 is 2.38 bits per heavy atom. The van der Waals surface area contributed by atoms with Crippen LogP contribution in [0.4, 0.5) is 9.18 Å². The van der Waals surface area contributed by atoms with Gasteiger partial charge in [0, 0.05) is 5.56 Å². The fraction of sp³-hybridized carbons (Fsp3) is 0.273. The van der Waals surface area contributed by atoms with Gasteiger partial charge in [0.15, 0.2) is 5.67 Å². The van der Waals surface area contributed by atoms with Crippen molar-refractivity contribution in [3.63, 3.8) is 0 Å². The fourth-order valence-corrected chi connectivity index (χ4v) is 1.74. The second-order valence-electron chi connectivity index (χ2n) is 3.84. The number of rotatable bonds is 2. The summed E-state index contributed by atoms with van der Waals surface area (Å²) >= 11 is 0. The third-order valence-corrected chi connectivity index (χ3v) is 2.72. The van der Waals surface area contributed by atoms with Crippen LogP contribution >= 0.6 is 0 Å². The number of benzene rings is 1. The van der Waals surface area contributed by atoms with E-state index in [-0.39, 0.29) is 13.1 Å². The van der Waals surface area contributed by atoms with E-state index in [2.05, 4.69) is 0 Å². The summed E-state index contributed by atoms with van der Waals surface area (Å²) in [6, 6.07) is 6.08. The molecule has 4 nitrogen and oxygen atoms in total. The lowest BCUT2D eigenvalue weighted by molar-refractivity contribution is -0.0238. The van der Waals surface area contributed by atoms with Crippen LogP contribution in [0.25, 0.3) is 0 Å². The fourth-order valence-electron chi connectivity index (χ4n) is 1.74. The maximum absolute atomic E-state index is 14.1. The highest BCUT2D eigenvalue weighted by Gasteiger charge is 2.47. The standard InChI is InChI=1S/C11H10FNO3/c12-11(6-13(7-11)10(15)16)9-3-1-8(5-14)2-4-9/h1-5H,6-7H2,(H,15,16).